The first-order valence-electron chi connectivity index (χ1n) is 6.41. The molecule has 5 unspecified atom stereocenters. The number of imidazole rings is 1. The average molecular weight is 331 g/mol. The Morgan fingerprint density at radius 2 is 2.27 bits per heavy atom. The van der Waals surface area contributed by atoms with Crippen molar-refractivity contribution in [2.45, 2.75) is 24.5 Å². The summed E-state index contributed by atoms with van der Waals surface area (Å²) in [5.74, 6) is 0. The van der Waals surface area contributed by atoms with E-state index >= 15 is 0 Å². The summed E-state index contributed by atoms with van der Waals surface area (Å²) in [5.41, 5.74) is 0.130. The SMILES string of the molecule is O=c1[nH]cnc2c1[nH]c[n+]2C1OC2COP(=O)(O)OC2C1O. The van der Waals surface area contributed by atoms with Crippen molar-refractivity contribution >= 4 is 19.0 Å². The number of hydrogen-bond acceptors (Lipinski definition) is 7. The van der Waals surface area contributed by atoms with Crippen LogP contribution in [0, 0.1) is 0 Å². The van der Waals surface area contributed by atoms with E-state index in [1.807, 2.05) is 0 Å². The number of phosphoric acid groups is 1. The van der Waals surface area contributed by atoms with E-state index < -0.39 is 32.4 Å². The van der Waals surface area contributed by atoms with Crippen LogP contribution in [0.15, 0.2) is 17.4 Å². The van der Waals surface area contributed by atoms with E-state index in [0.717, 1.165) is 0 Å². The first kappa shape index (κ1) is 14.0. The first-order chi connectivity index (χ1) is 10.5. The fourth-order valence-corrected chi connectivity index (χ4v) is 3.64. The van der Waals surface area contributed by atoms with Gasteiger partial charge in [-0.2, -0.15) is 0 Å². The van der Waals surface area contributed by atoms with Gasteiger partial charge in [0.25, 0.3) is 5.56 Å². The van der Waals surface area contributed by atoms with E-state index in [1.54, 1.807) is 0 Å². The molecule has 2 saturated heterocycles. The molecule has 4 N–H and O–H groups in total. The van der Waals surface area contributed by atoms with Crippen LogP contribution >= 0.6 is 7.82 Å². The van der Waals surface area contributed by atoms with Crippen molar-refractivity contribution in [2.24, 2.45) is 0 Å². The van der Waals surface area contributed by atoms with Crippen LogP contribution in [0.4, 0.5) is 0 Å². The van der Waals surface area contributed by atoms with Crippen LogP contribution < -0.4 is 10.1 Å². The zero-order valence-electron chi connectivity index (χ0n) is 10.9. The third-order valence-corrected chi connectivity index (χ3v) is 4.65. The summed E-state index contributed by atoms with van der Waals surface area (Å²) in [5, 5.41) is 10.3. The van der Waals surface area contributed by atoms with Gasteiger partial charge in [0.05, 0.1) is 6.61 Å². The number of aromatic amines is 2. The van der Waals surface area contributed by atoms with Crippen molar-refractivity contribution < 1.29 is 32.9 Å². The molecule has 0 spiro atoms. The molecular formula is C10H12N4O7P+. The minimum absolute atomic E-state index is 0.178. The van der Waals surface area contributed by atoms with Crippen molar-refractivity contribution in [3.63, 3.8) is 0 Å². The van der Waals surface area contributed by atoms with Crippen molar-refractivity contribution in [3.8, 4) is 0 Å². The molecule has 2 aliphatic rings. The lowest BCUT2D eigenvalue weighted by atomic mass is 10.1. The van der Waals surface area contributed by atoms with Crippen LogP contribution in [-0.2, 0) is 18.3 Å². The van der Waals surface area contributed by atoms with E-state index in [-0.39, 0.29) is 23.3 Å². The van der Waals surface area contributed by atoms with Crippen molar-refractivity contribution in [3.05, 3.63) is 23.0 Å². The zero-order valence-corrected chi connectivity index (χ0v) is 11.8. The molecule has 0 amide bonds. The van der Waals surface area contributed by atoms with Gasteiger partial charge in [0, 0.05) is 0 Å². The Balaban J connectivity index is 1.73. The summed E-state index contributed by atoms with van der Waals surface area (Å²) in [7, 11) is -4.18. The molecule has 0 bridgehead atoms. The van der Waals surface area contributed by atoms with Crippen LogP contribution in [0.2, 0.25) is 0 Å². The summed E-state index contributed by atoms with van der Waals surface area (Å²) >= 11 is 0. The molecule has 4 heterocycles. The molecule has 118 valence electrons. The zero-order chi connectivity index (χ0) is 15.5. The number of hydrogen-bond donors (Lipinski definition) is 4. The number of ether oxygens (including phenoxy) is 1. The number of aromatic nitrogens is 4. The normalized spacial score (nSPS) is 38.3. The van der Waals surface area contributed by atoms with E-state index in [1.165, 1.54) is 17.2 Å². The Morgan fingerprint density at radius 3 is 3.09 bits per heavy atom. The number of aliphatic hydroxyl groups excluding tert-OH is 1. The second-order valence-electron chi connectivity index (χ2n) is 5.00. The molecule has 5 atom stereocenters. The van der Waals surface area contributed by atoms with Crippen LogP contribution in [-0.4, -0.2) is 49.9 Å². The molecule has 2 fully saturated rings. The number of rotatable bonds is 1. The van der Waals surface area contributed by atoms with Gasteiger partial charge in [0.2, 0.25) is 11.7 Å². The lowest BCUT2D eigenvalue weighted by Gasteiger charge is -2.27. The molecule has 2 aromatic heterocycles. The van der Waals surface area contributed by atoms with Gasteiger partial charge in [0.15, 0.2) is 12.7 Å². The van der Waals surface area contributed by atoms with E-state index in [2.05, 4.69) is 19.5 Å². The van der Waals surface area contributed by atoms with Gasteiger partial charge < -0.3 is 14.7 Å². The highest BCUT2D eigenvalue weighted by Gasteiger charge is 2.54. The van der Waals surface area contributed by atoms with Crippen LogP contribution in [0.5, 0.6) is 0 Å². The van der Waals surface area contributed by atoms with Crippen molar-refractivity contribution in [1.82, 2.24) is 15.0 Å². The number of nitrogens with one attached hydrogen (secondary N) is 2. The van der Waals surface area contributed by atoms with Gasteiger partial charge in [-0.05, 0) is 0 Å². The monoisotopic (exact) mass is 331 g/mol. The molecule has 0 saturated carbocycles. The molecule has 0 aliphatic carbocycles. The molecule has 22 heavy (non-hydrogen) atoms. The molecule has 12 heteroatoms. The summed E-state index contributed by atoms with van der Waals surface area (Å²) in [4.78, 5) is 30.2. The molecule has 11 nitrogen and oxygen atoms in total. The highest BCUT2D eigenvalue weighted by atomic mass is 31.2. The smallest absolute Gasteiger partial charge is 0.384 e. The standard InChI is InChI=1S/C10H11N4O7P/c15-6-7-4(1-19-22(17,18)21-7)20-10(6)14-3-13-5-8(14)11-2-12-9(5)16/h2-4,6-7,10,15H,1H2,(H2,11,12,16,17,18)/p+1. The fraction of sp³-hybridized carbons (Fsp3) is 0.500. The molecule has 4 rings (SSSR count). The summed E-state index contributed by atoms with van der Waals surface area (Å²) < 4.78 is 28.0. The van der Waals surface area contributed by atoms with Gasteiger partial charge in [-0.25, -0.2) is 9.13 Å². The van der Waals surface area contributed by atoms with Crippen LogP contribution in [0.3, 0.4) is 0 Å². The second kappa shape index (κ2) is 4.69. The quantitative estimate of drug-likeness (QED) is 0.357. The minimum atomic E-state index is -4.18. The second-order valence-corrected chi connectivity index (χ2v) is 6.41. The minimum Gasteiger partial charge on any atom is -0.384 e. The van der Waals surface area contributed by atoms with Crippen LogP contribution in [0.1, 0.15) is 6.23 Å². The van der Waals surface area contributed by atoms with Crippen molar-refractivity contribution in [2.75, 3.05) is 6.61 Å². The summed E-state index contributed by atoms with van der Waals surface area (Å²) in [6.07, 6.45) is -1.20. The topological polar surface area (TPSA) is 151 Å². The fourth-order valence-electron chi connectivity index (χ4n) is 2.67. The van der Waals surface area contributed by atoms with Gasteiger partial charge in [-0.3, -0.25) is 23.8 Å². The van der Waals surface area contributed by atoms with E-state index in [9.17, 15) is 19.4 Å². The Morgan fingerprint density at radius 1 is 1.45 bits per heavy atom. The number of nitrogens with zero attached hydrogens (tertiary/aromatic N) is 2. The maximum atomic E-state index is 11.7. The predicted octanol–water partition coefficient (Wildman–Crippen LogP) is -1.69. The third kappa shape index (κ3) is 2.02. The molecule has 0 radical (unpaired) electrons. The lowest BCUT2D eigenvalue weighted by Crippen LogP contribution is -2.46. The summed E-state index contributed by atoms with van der Waals surface area (Å²) in [6, 6.07) is 0. The predicted molar refractivity (Wildman–Crippen MR) is 67.5 cm³/mol. The maximum Gasteiger partial charge on any atom is 0.472 e. The molecule has 2 aromatic rings. The van der Waals surface area contributed by atoms with E-state index in [4.69, 9.17) is 9.26 Å². The Bertz CT molecular complexity index is 834. The van der Waals surface area contributed by atoms with Gasteiger partial charge >= 0.3 is 13.5 Å². The number of fused-ring (bicyclic) bond motifs is 2. The molecule has 0 aromatic carbocycles. The first-order valence-corrected chi connectivity index (χ1v) is 7.91. The number of aliphatic hydroxyl groups is 1. The van der Waals surface area contributed by atoms with E-state index in [0.29, 0.717) is 0 Å². The van der Waals surface area contributed by atoms with Crippen molar-refractivity contribution in [1.29, 1.82) is 0 Å². The lowest BCUT2D eigenvalue weighted by molar-refractivity contribution is -0.745. The number of phosphoric ester groups is 1. The average Bonchev–Trinajstić information content (AvgIpc) is 3.01. The van der Waals surface area contributed by atoms with Crippen LogP contribution in [0.25, 0.3) is 11.2 Å². The third-order valence-electron chi connectivity index (χ3n) is 3.67. The molecule has 2 aliphatic heterocycles. The number of H-pyrrole nitrogens is 2. The van der Waals surface area contributed by atoms with Gasteiger partial charge in [-0.1, -0.05) is 4.98 Å². The van der Waals surface area contributed by atoms with Gasteiger partial charge in [-0.15, -0.1) is 0 Å². The molecular weight excluding hydrogens is 319 g/mol. The maximum absolute atomic E-state index is 11.7. The highest BCUT2D eigenvalue weighted by molar-refractivity contribution is 7.47. The highest BCUT2D eigenvalue weighted by Crippen LogP contribution is 2.51. The Kier molecular flexibility index (Phi) is 2.98. The Hall–Kier alpha value is -1.62. The van der Waals surface area contributed by atoms with Gasteiger partial charge in [0.1, 0.15) is 18.3 Å². The summed E-state index contributed by atoms with van der Waals surface area (Å²) in [6.45, 7) is -0.178. The Labute approximate surface area is 122 Å². The largest absolute Gasteiger partial charge is 0.472 e.